The van der Waals surface area contributed by atoms with Crippen LogP contribution in [0, 0.1) is 0 Å². The monoisotopic (exact) mass is 305 g/mol. The molecule has 0 saturated carbocycles. The maximum Gasteiger partial charge on any atom is 0.233 e. The molecule has 0 aliphatic carbocycles. The van der Waals surface area contributed by atoms with Gasteiger partial charge in [0.25, 0.3) is 0 Å². The average molecular weight is 305 g/mol. The van der Waals surface area contributed by atoms with Gasteiger partial charge in [-0.3, -0.25) is 9.36 Å². The maximum absolute atomic E-state index is 12.3. The molecule has 1 heterocycles. The summed E-state index contributed by atoms with van der Waals surface area (Å²) in [6.07, 6.45) is 0. The quantitative estimate of drug-likeness (QED) is 0.819. The highest BCUT2D eigenvalue weighted by molar-refractivity contribution is 7.99. The third-order valence-electron chi connectivity index (χ3n) is 3.14. The zero-order chi connectivity index (χ0) is 15.2. The van der Waals surface area contributed by atoms with E-state index < -0.39 is 0 Å². The van der Waals surface area contributed by atoms with Gasteiger partial charge in [0.2, 0.25) is 11.9 Å². The minimum Gasteiger partial charge on any atom is -0.368 e. The Labute approximate surface area is 128 Å². The van der Waals surface area contributed by atoms with Crippen molar-refractivity contribution >= 4 is 23.6 Å². The van der Waals surface area contributed by atoms with Crippen LogP contribution in [-0.4, -0.2) is 37.9 Å². The predicted molar refractivity (Wildman–Crippen MR) is 83.7 cm³/mol. The molecule has 21 heavy (non-hydrogen) atoms. The number of benzene rings is 1. The first-order chi connectivity index (χ1) is 10.1. The molecule has 0 spiro atoms. The van der Waals surface area contributed by atoms with Crippen LogP contribution in [0.2, 0.25) is 0 Å². The summed E-state index contributed by atoms with van der Waals surface area (Å²) in [7, 11) is 1.78. The lowest BCUT2D eigenvalue weighted by Crippen LogP contribution is -2.31. The molecular formula is C14H19N5OS. The molecule has 0 unspecified atom stereocenters. The van der Waals surface area contributed by atoms with Gasteiger partial charge in [-0.15, -0.1) is 10.2 Å². The minimum atomic E-state index is 0.0768. The molecule has 1 amide bonds. The fourth-order valence-electron chi connectivity index (χ4n) is 1.85. The van der Waals surface area contributed by atoms with Crippen LogP contribution in [0.3, 0.4) is 0 Å². The van der Waals surface area contributed by atoms with Gasteiger partial charge >= 0.3 is 0 Å². The summed E-state index contributed by atoms with van der Waals surface area (Å²) >= 11 is 1.35. The Morgan fingerprint density at radius 3 is 2.62 bits per heavy atom. The molecule has 0 radical (unpaired) electrons. The van der Waals surface area contributed by atoms with Crippen molar-refractivity contribution in [3.63, 3.8) is 0 Å². The van der Waals surface area contributed by atoms with Crippen LogP contribution >= 0.6 is 11.8 Å². The summed E-state index contributed by atoms with van der Waals surface area (Å²) < 4.78 is 1.67. The van der Waals surface area contributed by atoms with Crippen molar-refractivity contribution in [3.8, 4) is 0 Å². The van der Waals surface area contributed by atoms with Gasteiger partial charge in [0, 0.05) is 20.1 Å². The number of thioether (sulfide) groups is 1. The minimum absolute atomic E-state index is 0.0768. The van der Waals surface area contributed by atoms with Crippen LogP contribution in [0.25, 0.3) is 0 Å². The van der Waals surface area contributed by atoms with Crippen molar-refractivity contribution in [2.45, 2.75) is 18.6 Å². The molecular weight excluding hydrogens is 286 g/mol. The van der Waals surface area contributed by atoms with Crippen molar-refractivity contribution < 1.29 is 4.79 Å². The van der Waals surface area contributed by atoms with Gasteiger partial charge in [-0.25, -0.2) is 0 Å². The van der Waals surface area contributed by atoms with Crippen molar-refractivity contribution in [2.75, 3.05) is 18.0 Å². The number of rotatable bonds is 6. The largest absolute Gasteiger partial charge is 0.368 e. The second-order valence-corrected chi connectivity index (χ2v) is 5.52. The van der Waals surface area contributed by atoms with E-state index in [-0.39, 0.29) is 5.91 Å². The summed E-state index contributed by atoms with van der Waals surface area (Å²) in [6, 6.07) is 9.96. The number of hydrogen-bond donors (Lipinski definition) is 1. The van der Waals surface area contributed by atoms with Gasteiger partial charge in [-0.1, -0.05) is 42.1 Å². The molecule has 2 rings (SSSR count). The molecule has 0 aliphatic rings. The van der Waals surface area contributed by atoms with Gasteiger partial charge < -0.3 is 10.6 Å². The van der Waals surface area contributed by atoms with E-state index in [4.69, 9.17) is 5.73 Å². The van der Waals surface area contributed by atoms with E-state index in [1.165, 1.54) is 11.8 Å². The summed E-state index contributed by atoms with van der Waals surface area (Å²) in [6.45, 7) is 3.28. The lowest BCUT2D eigenvalue weighted by atomic mass is 10.2. The molecule has 6 nitrogen and oxygen atoms in total. The van der Waals surface area contributed by atoms with Crippen LogP contribution in [0.5, 0.6) is 0 Å². The second kappa shape index (κ2) is 7.12. The number of carbonyl (C=O) groups is 1. The Kier molecular flexibility index (Phi) is 5.21. The number of aromatic nitrogens is 3. The predicted octanol–water partition coefficient (Wildman–Crippen LogP) is 1.54. The van der Waals surface area contributed by atoms with E-state index in [0.29, 0.717) is 29.9 Å². The van der Waals surface area contributed by atoms with E-state index in [1.807, 2.05) is 42.2 Å². The zero-order valence-electron chi connectivity index (χ0n) is 12.2. The fourth-order valence-corrected chi connectivity index (χ4v) is 2.67. The number of anilines is 1. The Bertz CT molecular complexity index is 599. The summed E-state index contributed by atoms with van der Waals surface area (Å²) in [5.41, 5.74) is 6.74. The summed E-state index contributed by atoms with van der Waals surface area (Å²) in [5, 5.41) is 8.36. The molecule has 0 aliphatic heterocycles. The van der Waals surface area contributed by atoms with Crippen LogP contribution < -0.4 is 5.73 Å². The van der Waals surface area contributed by atoms with Crippen molar-refractivity contribution in [3.05, 3.63) is 35.9 Å². The number of carbonyl (C=O) groups excluding carboxylic acids is 1. The molecule has 7 heteroatoms. The highest BCUT2D eigenvalue weighted by Crippen LogP contribution is 2.17. The smallest absolute Gasteiger partial charge is 0.233 e. The molecule has 1 aromatic heterocycles. The Balaban J connectivity index is 1.93. The van der Waals surface area contributed by atoms with E-state index in [1.54, 1.807) is 11.6 Å². The number of hydrogen-bond acceptors (Lipinski definition) is 5. The van der Waals surface area contributed by atoms with Crippen LogP contribution in [-0.2, 0) is 18.4 Å². The zero-order valence-corrected chi connectivity index (χ0v) is 13.0. The molecule has 0 fully saturated rings. The van der Waals surface area contributed by atoms with E-state index >= 15 is 0 Å². The normalized spacial score (nSPS) is 10.6. The first kappa shape index (κ1) is 15.4. The lowest BCUT2D eigenvalue weighted by Gasteiger charge is -2.20. The highest BCUT2D eigenvalue weighted by Gasteiger charge is 2.15. The SMILES string of the molecule is CCN(Cc1ccccc1)C(=O)CSc1nnc(N)n1C. The second-order valence-electron chi connectivity index (χ2n) is 4.58. The van der Waals surface area contributed by atoms with Gasteiger partial charge in [-0.05, 0) is 12.5 Å². The van der Waals surface area contributed by atoms with Crippen molar-refractivity contribution in [1.29, 1.82) is 0 Å². The van der Waals surface area contributed by atoms with E-state index in [0.717, 1.165) is 5.56 Å². The molecule has 2 aromatic rings. The van der Waals surface area contributed by atoms with E-state index in [2.05, 4.69) is 10.2 Å². The molecule has 0 bridgehead atoms. The Morgan fingerprint density at radius 2 is 2.05 bits per heavy atom. The molecule has 0 saturated heterocycles. The summed E-state index contributed by atoms with van der Waals surface area (Å²) in [5.74, 6) is 0.752. The topological polar surface area (TPSA) is 77.0 Å². The molecule has 2 N–H and O–H groups in total. The number of nitrogens with zero attached hydrogens (tertiary/aromatic N) is 4. The molecule has 0 atom stereocenters. The molecule has 1 aromatic carbocycles. The lowest BCUT2D eigenvalue weighted by molar-refractivity contribution is -0.128. The fraction of sp³-hybridized carbons (Fsp3) is 0.357. The van der Waals surface area contributed by atoms with Crippen LogP contribution in [0.1, 0.15) is 12.5 Å². The van der Waals surface area contributed by atoms with Gasteiger partial charge in [0.15, 0.2) is 5.16 Å². The third-order valence-corrected chi connectivity index (χ3v) is 4.15. The Morgan fingerprint density at radius 1 is 1.33 bits per heavy atom. The Hall–Kier alpha value is -2.02. The van der Waals surface area contributed by atoms with Crippen molar-refractivity contribution in [2.24, 2.45) is 7.05 Å². The number of amides is 1. The van der Waals surface area contributed by atoms with E-state index in [9.17, 15) is 4.79 Å². The van der Waals surface area contributed by atoms with Crippen LogP contribution in [0.4, 0.5) is 5.95 Å². The number of nitrogen functional groups attached to an aromatic ring is 1. The maximum atomic E-state index is 12.3. The summed E-state index contributed by atoms with van der Waals surface area (Å²) in [4.78, 5) is 14.1. The highest BCUT2D eigenvalue weighted by atomic mass is 32.2. The average Bonchev–Trinajstić information content (AvgIpc) is 2.83. The molecule has 112 valence electrons. The van der Waals surface area contributed by atoms with Gasteiger partial charge in [-0.2, -0.15) is 0 Å². The first-order valence-electron chi connectivity index (χ1n) is 6.71. The van der Waals surface area contributed by atoms with Gasteiger partial charge in [0.1, 0.15) is 0 Å². The first-order valence-corrected chi connectivity index (χ1v) is 7.69. The van der Waals surface area contributed by atoms with Crippen LogP contribution in [0.15, 0.2) is 35.5 Å². The third kappa shape index (κ3) is 3.98. The standard InChI is InChI=1S/C14H19N5OS/c1-3-19(9-11-7-5-4-6-8-11)12(20)10-21-14-17-16-13(15)18(14)2/h4-8H,3,9-10H2,1-2H3,(H2,15,16). The van der Waals surface area contributed by atoms with Gasteiger partial charge in [0.05, 0.1) is 5.75 Å². The number of nitrogens with two attached hydrogens (primary N) is 1. The van der Waals surface area contributed by atoms with Crippen molar-refractivity contribution in [1.82, 2.24) is 19.7 Å².